The van der Waals surface area contributed by atoms with Gasteiger partial charge in [-0.15, -0.1) is 11.8 Å². The first-order valence-corrected chi connectivity index (χ1v) is 12.1. The van der Waals surface area contributed by atoms with Crippen molar-refractivity contribution in [1.29, 1.82) is 0 Å². The largest absolute Gasteiger partial charge is 0.508 e. The lowest BCUT2D eigenvalue weighted by Gasteiger charge is -2.45. The molecule has 0 radical (unpaired) electrons. The Balaban J connectivity index is 1.32. The molecule has 5 rings (SSSR count). The third-order valence-electron chi connectivity index (χ3n) is 6.10. The summed E-state index contributed by atoms with van der Waals surface area (Å²) in [7, 11) is 0. The molecule has 0 unspecified atom stereocenters. The van der Waals surface area contributed by atoms with E-state index in [-0.39, 0.29) is 22.9 Å². The van der Waals surface area contributed by atoms with Crippen molar-refractivity contribution >= 4 is 11.8 Å². The van der Waals surface area contributed by atoms with Crippen LogP contribution in [0.4, 0.5) is 0 Å². The smallest absolute Gasteiger partial charge is 0.140 e. The summed E-state index contributed by atoms with van der Waals surface area (Å²) in [6.07, 6.45) is -0.244. The van der Waals surface area contributed by atoms with E-state index < -0.39 is 0 Å². The van der Waals surface area contributed by atoms with E-state index in [1.165, 1.54) is 0 Å². The van der Waals surface area contributed by atoms with Gasteiger partial charge >= 0.3 is 0 Å². The SMILES string of the molecule is CC1(C)CN(CCOc2ccc([C@@H]3Oc4ccc(O)cc4S[C@@H]3c3cccc(O)c3)cc2)C1. The van der Waals surface area contributed by atoms with E-state index in [4.69, 9.17) is 9.47 Å². The van der Waals surface area contributed by atoms with Crippen molar-refractivity contribution in [3.63, 3.8) is 0 Å². The topological polar surface area (TPSA) is 62.2 Å². The number of phenolic OH excluding ortho intramolecular Hbond substituents is 2. The van der Waals surface area contributed by atoms with E-state index in [2.05, 4.69) is 30.9 Å². The number of fused-ring (bicyclic) bond motifs is 1. The molecule has 0 aromatic heterocycles. The van der Waals surface area contributed by atoms with Crippen LogP contribution >= 0.6 is 11.8 Å². The molecule has 172 valence electrons. The molecule has 1 fully saturated rings. The van der Waals surface area contributed by atoms with Crippen molar-refractivity contribution < 1.29 is 19.7 Å². The fraction of sp³-hybridized carbons (Fsp3) is 0.333. The van der Waals surface area contributed by atoms with Gasteiger partial charge in [-0.25, -0.2) is 0 Å². The van der Waals surface area contributed by atoms with E-state index in [0.717, 1.165) is 47.2 Å². The summed E-state index contributed by atoms with van der Waals surface area (Å²) in [4.78, 5) is 3.30. The molecular formula is C27H29NO4S. The molecule has 5 nitrogen and oxygen atoms in total. The molecule has 3 aromatic carbocycles. The number of phenols is 2. The highest BCUT2D eigenvalue weighted by Gasteiger charge is 2.34. The number of thioether (sulfide) groups is 1. The predicted molar refractivity (Wildman–Crippen MR) is 130 cm³/mol. The van der Waals surface area contributed by atoms with Crippen molar-refractivity contribution in [1.82, 2.24) is 4.90 Å². The molecule has 6 heteroatoms. The van der Waals surface area contributed by atoms with Gasteiger partial charge < -0.3 is 19.7 Å². The van der Waals surface area contributed by atoms with Gasteiger partial charge in [0.25, 0.3) is 0 Å². The van der Waals surface area contributed by atoms with Crippen molar-refractivity contribution in [3.05, 3.63) is 77.9 Å². The zero-order valence-electron chi connectivity index (χ0n) is 18.9. The van der Waals surface area contributed by atoms with Crippen molar-refractivity contribution in [2.24, 2.45) is 5.41 Å². The Morgan fingerprint density at radius 1 is 0.970 bits per heavy atom. The summed E-state index contributed by atoms with van der Waals surface area (Å²) in [6, 6.07) is 20.5. The molecule has 2 aliphatic heterocycles. The highest BCUT2D eigenvalue weighted by Crippen LogP contribution is 2.54. The number of likely N-dealkylation sites (tertiary alicyclic amines) is 1. The molecule has 2 heterocycles. The number of ether oxygens (including phenoxy) is 2. The monoisotopic (exact) mass is 463 g/mol. The number of rotatable bonds is 6. The van der Waals surface area contributed by atoms with E-state index in [1.807, 2.05) is 24.3 Å². The molecule has 2 atom stereocenters. The number of nitrogens with zero attached hydrogens (tertiary/aromatic N) is 1. The summed E-state index contributed by atoms with van der Waals surface area (Å²) >= 11 is 1.63. The summed E-state index contributed by atoms with van der Waals surface area (Å²) in [5, 5.41) is 19.9. The maximum atomic E-state index is 10.0. The fourth-order valence-electron chi connectivity index (χ4n) is 4.64. The average molecular weight is 464 g/mol. The Hall–Kier alpha value is -2.83. The fourth-order valence-corrected chi connectivity index (χ4v) is 5.95. The maximum absolute atomic E-state index is 10.0. The van der Waals surface area contributed by atoms with Crippen LogP contribution in [0.2, 0.25) is 0 Å². The molecule has 0 saturated carbocycles. The molecule has 33 heavy (non-hydrogen) atoms. The van der Waals surface area contributed by atoms with Gasteiger partial charge in [0.05, 0.1) is 10.1 Å². The first kappa shape index (κ1) is 22.0. The van der Waals surface area contributed by atoms with Gasteiger partial charge in [-0.2, -0.15) is 0 Å². The number of hydrogen-bond donors (Lipinski definition) is 2. The minimum atomic E-state index is -0.244. The molecule has 3 aromatic rings. The lowest BCUT2D eigenvalue weighted by molar-refractivity contribution is 0.0213. The maximum Gasteiger partial charge on any atom is 0.140 e. The predicted octanol–water partition coefficient (Wildman–Crippen LogP) is 5.79. The van der Waals surface area contributed by atoms with Crippen molar-refractivity contribution in [2.75, 3.05) is 26.2 Å². The van der Waals surface area contributed by atoms with Gasteiger partial charge in [0.15, 0.2) is 0 Å². The number of benzene rings is 3. The summed E-state index contributed by atoms with van der Waals surface area (Å²) in [5.41, 5.74) is 2.44. The molecule has 1 saturated heterocycles. The van der Waals surface area contributed by atoms with Gasteiger partial charge in [0.1, 0.15) is 35.7 Å². The van der Waals surface area contributed by atoms with Crippen LogP contribution in [0.3, 0.4) is 0 Å². The van der Waals surface area contributed by atoms with Gasteiger partial charge in [-0.3, -0.25) is 4.90 Å². The first-order chi connectivity index (χ1) is 15.9. The van der Waals surface area contributed by atoms with Gasteiger partial charge in [-0.05, 0) is 59.0 Å². The lowest BCUT2D eigenvalue weighted by Crippen LogP contribution is -2.53. The van der Waals surface area contributed by atoms with Crippen LogP contribution in [-0.4, -0.2) is 41.4 Å². The van der Waals surface area contributed by atoms with Crippen LogP contribution in [0.1, 0.15) is 36.3 Å². The molecule has 0 bridgehead atoms. The van der Waals surface area contributed by atoms with E-state index in [0.29, 0.717) is 12.0 Å². The molecular weight excluding hydrogens is 434 g/mol. The quantitative estimate of drug-likeness (QED) is 0.483. The van der Waals surface area contributed by atoms with Crippen LogP contribution < -0.4 is 9.47 Å². The average Bonchev–Trinajstić information content (AvgIpc) is 2.77. The molecule has 0 spiro atoms. The van der Waals surface area contributed by atoms with Gasteiger partial charge in [-0.1, -0.05) is 38.1 Å². The van der Waals surface area contributed by atoms with E-state index >= 15 is 0 Å². The molecule has 0 aliphatic carbocycles. The third-order valence-corrected chi connectivity index (χ3v) is 7.44. The van der Waals surface area contributed by atoms with Crippen LogP contribution in [-0.2, 0) is 0 Å². The normalized spacial score (nSPS) is 21.5. The van der Waals surface area contributed by atoms with Gasteiger partial charge in [0, 0.05) is 19.6 Å². The Morgan fingerprint density at radius 3 is 2.45 bits per heavy atom. The minimum absolute atomic E-state index is 0.0760. The minimum Gasteiger partial charge on any atom is -0.508 e. The van der Waals surface area contributed by atoms with Crippen molar-refractivity contribution in [2.45, 2.75) is 30.1 Å². The second-order valence-electron chi connectivity index (χ2n) is 9.60. The second-order valence-corrected chi connectivity index (χ2v) is 10.8. The zero-order valence-corrected chi connectivity index (χ0v) is 19.7. The van der Waals surface area contributed by atoms with Crippen LogP contribution in [0.25, 0.3) is 0 Å². The highest BCUT2D eigenvalue weighted by atomic mass is 32.2. The van der Waals surface area contributed by atoms with Crippen molar-refractivity contribution in [3.8, 4) is 23.0 Å². The Morgan fingerprint density at radius 2 is 1.73 bits per heavy atom. The molecule has 2 aliphatic rings. The Kier molecular flexibility index (Phi) is 5.89. The molecule has 0 amide bonds. The third kappa shape index (κ3) is 4.92. The zero-order chi connectivity index (χ0) is 23.0. The first-order valence-electron chi connectivity index (χ1n) is 11.3. The number of aromatic hydroxyl groups is 2. The van der Waals surface area contributed by atoms with Gasteiger partial charge in [0.2, 0.25) is 0 Å². The summed E-state index contributed by atoms with van der Waals surface area (Å²) in [6.45, 7) is 8.45. The van der Waals surface area contributed by atoms with Crippen LogP contribution in [0.5, 0.6) is 23.0 Å². The Bertz CT molecular complexity index is 1120. The summed E-state index contributed by atoms with van der Waals surface area (Å²) in [5.74, 6) is 2.03. The van der Waals surface area contributed by atoms with Crippen LogP contribution in [0, 0.1) is 5.41 Å². The lowest BCUT2D eigenvalue weighted by atomic mass is 9.84. The highest BCUT2D eigenvalue weighted by molar-refractivity contribution is 7.99. The van der Waals surface area contributed by atoms with E-state index in [9.17, 15) is 10.2 Å². The second kappa shape index (κ2) is 8.84. The summed E-state index contributed by atoms with van der Waals surface area (Å²) < 4.78 is 12.4. The molecule has 2 N–H and O–H groups in total. The Labute approximate surface area is 199 Å². The van der Waals surface area contributed by atoms with E-state index in [1.54, 1.807) is 42.1 Å². The van der Waals surface area contributed by atoms with Crippen LogP contribution in [0.15, 0.2) is 71.6 Å². The number of hydrogen-bond acceptors (Lipinski definition) is 6. The standard InChI is InChI=1S/C27H29NO4S/c1-27(2)16-28(17-27)12-13-31-22-9-6-18(7-10-22)25-26(19-4-3-5-20(29)14-19)33-24-15-21(30)8-11-23(24)32-25/h3-11,14-15,25-26,29-30H,12-13,16-17H2,1-2H3/t25-,26+/m0/s1.